The second-order valence-electron chi connectivity index (χ2n) is 12.2. The van der Waals surface area contributed by atoms with Gasteiger partial charge in [-0.2, -0.15) is 0 Å². The van der Waals surface area contributed by atoms with Crippen molar-refractivity contribution in [3.8, 4) is 11.1 Å². The minimum Gasteiger partial charge on any atom is -0.446 e. The van der Waals surface area contributed by atoms with Crippen molar-refractivity contribution in [2.45, 2.75) is 69.1 Å². The summed E-state index contributed by atoms with van der Waals surface area (Å²) in [5, 5.41) is 17.4. The lowest BCUT2D eigenvalue weighted by Gasteiger charge is -2.37. The van der Waals surface area contributed by atoms with Gasteiger partial charge in [-0.3, -0.25) is 15.0 Å². The lowest BCUT2D eigenvalue weighted by molar-refractivity contribution is -0.116. The highest BCUT2D eigenvalue weighted by atomic mass is 16.6. The topological polar surface area (TPSA) is 103 Å². The highest BCUT2D eigenvalue weighted by molar-refractivity contribution is 5.95. The van der Waals surface area contributed by atoms with Gasteiger partial charge in [0.25, 0.3) is 0 Å². The summed E-state index contributed by atoms with van der Waals surface area (Å²) in [5.41, 5.74) is 5.33. The van der Waals surface area contributed by atoms with Crippen LogP contribution in [0.5, 0.6) is 0 Å². The van der Waals surface area contributed by atoms with Gasteiger partial charge >= 0.3 is 6.09 Å². The second kappa shape index (κ2) is 12.0. The van der Waals surface area contributed by atoms with Gasteiger partial charge in [-0.25, -0.2) is 4.79 Å². The van der Waals surface area contributed by atoms with Gasteiger partial charge < -0.3 is 19.9 Å². The summed E-state index contributed by atoms with van der Waals surface area (Å²) in [6.45, 7) is 0.00344. The van der Waals surface area contributed by atoms with E-state index in [2.05, 4.69) is 28.6 Å². The maximum atomic E-state index is 13.0. The van der Waals surface area contributed by atoms with Gasteiger partial charge in [-0.05, 0) is 77.7 Å². The Balaban J connectivity index is 0.967. The largest absolute Gasteiger partial charge is 0.446 e. The summed E-state index contributed by atoms with van der Waals surface area (Å²) in [7, 11) is 2.14. The Hall–Kier alpha value is -4.24. The number of morpholine rings is 1. The van der Waals surface area contributed by atoms with Crippen LogP contribution in [0.25, 0.3) is 21.9 Å². The van der Waals surface area contributed by atoms with Crippen LogP contribution in [0.4, 0.5) is 16.2 Å². The van der Waals surface area contributed by atoms with E-state index in [0.29, 0.717) is 42.8 Å². The Bertz CT molecular complexity index is 1670. The van der Waals surface area contributed by atoms with Crippen molar-refractivity contribution < 1.29 is 24.2 Å². The number of ether oxygens (including phenoxy) is 2. The van der Waals surface area contributed by atoms with Crippen molar-refractivity contribution in [1.29, 1.82) is 0 Å². The van der Waals surface area contributed by atoms with Crippen molar-refractivity contribution in [2.75, 3.05) is 17.7 Å². The van der Waals surface area contributed by atoms with E-state index in [4.69, 9.17) is 9.47 Å². The van der Waals surface area contributed by atoms with Crippen LogP contribution in [-0.2, 0) is 27.3 Å². The molecule has 0 aliphatic carbocycles. The number of epoxide rings is 1. The maximum absolute atomic E-state index is 13.0. The van der Waals surface area contributed by atoms with Crippen LogP contribution >= 0.6 is 0 Å². The number of aryl methyl sites for hydroxylation is 1. The second-order valence-corrected chi connectivity index (χ2v) is 12.2. The fourth-order valence-corrected chi connectivity index (χ4v) is 6.95. The molecule has 8 nitrogen and oxygen atoms in total. The SMILES string of the molecule is CN1[C@H]2CC(OC(=O)Nc3ccc(CCCC(=O)Nc4ccc5cc(CO)ccc5c4)cc3-c3ccccc3)C[C@H]1[C@H]1O[C@H]12. The molecule has 0 radical (unpaired) electrons. The van der Waals surface area contributed by atoms with Crippen LogP contribution < -0.4 is 10.6 Å². The Morgan fingerprint density at radius 2 is 1.61 bits per heavy atom. The molecule has 3 saturated heterocycles. The fourth-order valence-electron chi connectivity index (χ4n) is 6.95. The number of hydrogen-bond acceptors (Lipinski definition) is 6. The van der Waals surface area contributed by atoms with Gasteiger partial charge in [0.15, 0.2) is 0 Å². The standard InChI is InChI=1S/C36H37N3O5/c1-39-31-19-28(20-32(39)35-34(31)44-35)43-36(42)38-30-15-11-22(17-29(30)24-7-3-2-4-8-24)6-5-9-33(41)37-27-14-13-25-16-23(21-40)10-12-26(25)18-27/h2-4,7-8,10-18,28,31-32,34-35,40H,5-6,9,19-21H2,1H3,(H,37,41)(H,38,42)/t28?,31-,32-,34-,35+/m0/s1. The summed E-state index contributed by atoms with van der Waals surface area (Å²) in [6.07, 6.45) is 3.44. The molecule has 2 bridgehead atoms. The number of aliphatic hydroxyl groups excluding tert-OH is 1. The van der Waals surface area contributed by atoms with E-state index >= 15 is 0 Å². The minimum atomic E-state index is -0.433. The number of rotatable bonds is 9. The summed E-state index contributed by atoms with van der Waals surface area (Å²) in [6, 6.07) is 28.2. The van der Waals surface area contributed by atoms with Gasteiger partial charge in [-0.15, -0.1) is 0 Å². The number of anilines is 2. The number of amides is 2. The molecule has 226 valence electrons. The first kappa shape index (κ1) is 28.5. The first-order valence-corrected chi connectivity index (χ1v) is 15.4. The first-order chi connectivity index (χ1) is 21.4. The average molecular weight is 592 g/mol. The molecule has 3 aliphatic heterocycles. The molecule has 3 heterocycles. The predicted molar refractivity (Wildman–Crippen MR) is 170 cm³/mol. The highest BCUT2D eigenvalue weighted by Crippen LogP contribution is 2.48. The lowest BCUT2D eigenvalue weighted by Crippen LogP contribution is -2.48. The molecule has 1 unspecified atom stereocenters. The zero-order chi connectivity index (χ0) is 30.2. The van der Waals surface area contributed by atoms with Crippen molar-refractivity contribution in [3.63, 3.8) is 0 Å². The van der Waals surface area contributed by atoms with Crippen LogP contribution in [0.3, 0.4) is 0 Å². The molecule has 3 N–H and O–H groups in total. The highest BCUT2D eigenvalue weighted by Gasteiger charge is 2.62. The van der Waals surface area contributed by atoms with Gasteiger partial charge in [-0.1, -0.05) is 54.6 Å². The maximum Gasteiger partial charge on any atom is 0.411 e. The fraction of sp³-hybridized carbons (Fsp3) is 0.333. The smallest absolute Gasteiger partial charge is 0.411 e. The van der Waals surface area contributed by atoms with Crippen LogP contribution in [0.2, 0.25) is 0 Å². The summed E-state index contributed by atoms with van der Waals surface area (Å²) in [5.74, 6) is -0.0353. The molecule has 3 aliphatic rings. The molecule has 44 heavy (non-hydrogen) atoms. The van der Waals surface area contributed by atoms with Gasteiger partial charge in [0.05, 0.1) is 12.3 Å². The summed E-state index contributed by atoms with van der Waals surface area (Å²) in [4.78, 5) is 28.1. The number of fused-ring (bicyclic) bond motifs is 6. The molecule has 0 spiro atoms. The monoisotopic (exact) mass is 591 g/mol. The quantitative estimate of drug-likeness (QED) is 0.203. The molecule has 3 fully saturated rings. The molecule has 5 atom stereocenters. The van der Waals surface area contributed by atoms with E-state index < -0.39 is 6.09 Å². The van der Waals surface area contributed by atoms with Crippen molar-refractivity contribution in [1.82, 2.24) is 4.90 Å². The van der Waals surface area contributed by atoms with Crippen LogP contribution in [0.15, 0.2) is 84.9 Å². The van der Waals surface area contributed by atoms with E-state index in [1.807, 2.05) is 78.9 Å². The van der Waals surface area contributed by atoms with Crippen LogP contribution in [0.1, 0.15) is 36.8 Å². The van der Waals surface area contributed by atoms with Crippen LogP contribution in [0, 0.1) is 0 Å². The summed E-state index contributed by atoms with van der Waals surface area (Å²) < 4.78 is 11.7. The molecular weight excluding hydrogens is 554 g/mol. The average Bonchev–Trinajstić information content (AvgIpc) is 3.80. The van der Waals surface area contributed by atoms with E-state index in [-0.39, 0.29) is 18.6 Å². The zero-order valence-electron chi connectivity index (χ0n) is 24.7. The summed E-state index contributed by atoms with van der Waals surface area (Å²) >= 11 is 0. The number of benzene rings is 4. The molecule has 4 aromatic carbocycles. The number of hydrogen-bond donors (Lipinski definition) is 3. The van der Waals surface area contributed by atoms with E-state index in [9.17, 15) is 14.7 Å². The molecule has 8 heteroatoms. The Labute approximate surface area is 257 Å². The van der Waals surface area contributed by atoms with E-state index in [1.165, 1.54) is 0 Å². The number of nitrogens with zero attached hydrogens (tertiary/aromatic N) is 1. The number of piperidine rings is 1. The Morgan fingerprint density at radius 3 is 2.39 bits per heavy atom. The third-order valence-electron chi connectivity index (χ3n) is 9.29. The third kappa shape index (κ3) is 5.93. The number of nitrogens with one attached hydrogen (secondary N) is 2. The van der Waals surface area contributed by atoms with Crippen molar-refractivity contribution in [3.05, 3.63) is 96.1 Å². The van der Waals surface area contributed by atoms with Gasteiger partial charge in [0.2, 0.25) is 5.91 Å². The molecule has 4 aromatic rings. The van der Waals surface area contributed by atoms with E-state index in [1.54, 1.807) is 0 Å². The number of aliphatic hydroxyl groups is 1. The molecule has 0 aromatic heterocycles. The molecule has 0 saturated carbocycles. The Morgan fingerprint density at radius 1 is 0.886 bits per heavy atom. The van der Waals surface area contributed by atoms with Crippen molar-refractivity contribution >= 4 is 34.1 Å². The van der Waals surface area contributed by atoms with Crippen molar-refractivity contribution in [2.24, 2.45) is 0 Å². The molecule has 7 rings (SSSR count). The normalized spacial score (nSPS) is 23.6. The van der Waals surface area contributed by atoms with Gasteiger partial charge in [0.1, 0.15) is 18.3 Å². The molecular formula is C36H37N3O5. The van der Waals surface area contributed by atoms with E-state index in [0.717, 1.165) is 58.0 Å². The minimum absolute atomic E-state index is 0.00344. The lowest BCUT2D eigenvalue weighted by atomic mass is 9.98. The number of carbonyl (C=O) groups excluding carboxylic acids is 2. The molecule has 2 amide bonds. The number of likely N-dealkylation sites (N-methyl/N-ethyl adjacent to an activating group) is 1. The van der Waals surface area contributed by atoms with Gasteiger partial charge in [0, 0.05) is 42.6 Å². The number of carbonyl (C=O) groups is 2. The van der Waals surface area contributed by atoms with Crippen LogP contribution in [-0.4, -0.2) is 59.5 Å². The Kier molecular flexibility index (Phi) is 7.80. The first-order valence-electron chi connectivity index (χ1n) is 15.4. The predicted octanol–water partition coefficient (Wildman–Crippen LogP) is 6.12. The third-order valence-corrected chi connectivity index (χ3v) is 9.29. The zero-order valence-corrected chi connectivity index (χ0v) is 24.7.